The number of amides is 3. The summed E-state index contributed by atoms with van der Waals surface area (Å²) in [5, 5.41) is 2.97. The molecular formula is C21H29N3O4. The number of rotatable bonds is 5. The summed E-state index contributed by atoms with van der Waals surface area (Å²) in [6.45, 7) is 3.74. The van der Waals surface area contributed by atoms with Crippen molar-refractivity contribution in [2.24, 2.45) is 23.2 Å². The molecule has 1 heterocycles. The first-order valence-electron chi connectivity index (χ1n) is 10.3. The number of furan rings is 1. The maximum Gasteiger partial charge on any atom is 0.273 e. The molecule has 4 fully saturated rings. The third-order valence-corrected chi connectivity index (χ3v) is 6.76. The quantitative estimate of drug-likeness (QED) is 0.675. The van der Waals surface area contributed by atoms with Gasteiger partial charge in [-0.3, -0.25) is 25.2 Å². The molecule has 1 aromatic rings. The van der Waals surface area contributed by atoms with Crippen LogP contribution in [0.2, 0.25) is 0 Å². The van der Waals surface area contributed by atoms with E-state index >= 15 is 0 Å². The molecule has 0 atom stereocenters. The summed E-state index contributed by atoms with van der Waals surface area (Å²) >= 11 is 0. The molecule has 7 heteroatoms. The van der Waals surface area contributed by atoms with Gasteiger partial charge in [0.15, 0.2) is 0 Å². The van der Waals surface area contributed by atoms with Crippen LogP contribution in [0.4, 0.5) is 0 Å². The summed E-state index contributed by atoms with van der Waals surface area (Å²) in [4.78, 5) is 36.9. The average molecular weight is 387 g/mol. The number of hydrogen-bond donors (Lipinski definition) is 3. The third-order valence-electron chi connectivity index (χ3n) is 6.76. The van der Waals surface area contributed by atoms with E-state index in [-0.39, 0.29) is 30.2 Å². The summed E-state index contributed by atoms with van der Waals surface area (Å²) < 4.78 is 5.31. The molecule has 0 aliphatic heterocycles. The minimum atomic E-state index is -0.416. The van der Waals surface area contributed by atoms with E-state index in [1.807, 2.05) is 0 Å². The molecule has 4 saturated carbocycles. The lowest BCUT2D eigenvalue weighted by atomic mass is 9.49. The number of hydrazine groups is 1. The van der Waals surface area contributed by atoms with Crippen LogP contribution in [0, 0.1) is 37.0 Å². The highest BCUT2D eigenvalue weighted by Gasteiger charge is 2.54. The predicted molar refractivity (Wildman–Crippen MR) is 102 cm³/mol. The van der Waals surface area contributed by atoms with Gasteiger partial charge in [0, 0.05) is 18.4 Å². The second kappa shape index (κ2) is 7.26. The van der Waals surface area contributed by atoms with Crippen LogP contribution < -0.4 is 16.2 Å². The first-order chi connectivity index (χ1) is 13.3. The Morgan fingerprint density at radius 3 is 2.18 bits per heavy atom. The van der Waals surface area contributed by atoms with Gasteiger partial charge in [0.05, 0.1) is 5.56 Å². The van der Waals surface area contributed by atoms with Crippen molar-refractivity contribution in [2.75, 3.05) is 6.54 Å². The summed E-state index contributed by atoms with van der Waals surface area (Å²) in [6, 6.07) is 1.63. The zero-order valence-corrected chi connectivity index (χ0v) is 16.6. The van der Waals surface area contributed by atoms with Crippen LogP contribution in [-0.2, 0) is 9.59 Å². The number of hydrogen-bond acceptors (Lipinski definition) is 4. The molecule has 0 radical (unpaired) electrons. The summed E-state index contributed by atoms with van der Waals surface area (Å²) in [7, 11) is 0. The van der Waals surface area contributed by atoms with Gasteiger partial charge < -0.3 is 9.73 Å². The predicted octanol–water partition coefficient (Wildman–Crippen LogP) is 2.38. The molecule has 0 aromatic carbocycles. The molecule has 7 nitrogen and oxygen atoms in total. The van der Waals surface area contributed by atoms with E-state index in [9.17, 15) is 14.4 Å². The summed E-state index contributed by atoms with van der Waals surface area (Å²) in [5.74, 6) is 2.65. The van der Waals surface area contributed by atoms with Crippen molar-refractivity contribution in [3.63, 3.8) is 0 Å². The molecule has 0 saturated heterocycles. The smallest absolute Gasteiger partial charge is 0.273 e. The average Bonchev–Trinajstić information content (AvgIpc) is 2.96. The van der Waals surface area contributed by atoms with Gasteiger partial charge in [-0.05, 0) is 76.2 Å². The van der Waals surface area contributed by atoms with Crippen molar-refractivity contribution in [3.8, 4) is 0 Å². The molecule has 28 heavy (non-hydrogen) atoms. The van der Waals surface area contributed by atoms with Crippen LogP contribution in [-0.4, -0.2) is 24.3 Å². The van der Waals surface area contributed by atoms with Gasteiger partial charge in [0.1, 0.15) is 11.5 Å². The standard InChI is InChI=1S/C21H29N3O4/c1-12-5-17(13(2)28-12)19(26)24-23-18(25)3-4-22-20(27)21-9-14-6-15(10-21)8-16(7-14)11-21/h5,14-16H,3-4,6-11H2,1-2H3,(H,22,27)(H,23,25)(H,24,26). The van der Waals surface area contributed by atoms with Gasteiger partial charge in [-0.25, -0.2) is 0 Å². The number of nitrogens with one attached hydrogen (secondary N) is 3. The van der Waals surface area contributed by atoms with Gasteiger partial charge in [-0.1, -0.05) is 0 Å². The fourth-order valence-electron chi connectivity index (χ4n) is 5.98. The van der Waals surface area contributed by atoms with Gasteiger partial charge >= 0.3 is 0 Å². The van der Waals surface area contributed by atoms with Crippen LogP contribution in [0.5, 0.6) is 0 Å². The van der Waals surface area contributed by atoms with Crippen molar-refractivity contribution in [2.45, 2.75) is 58.8 Å². The highest BCUT2D eigenvalue weighted by atomic mass is 16.3. The van der Waals surface area contributed by atoms with E-state index in [0.29, 0.717) is 34.8 Å². The number of carbonyl (C=O) groups is 3. The van der Waals surface area contributed by atoms with E-state index in [0.717, 1.165) is 19.3 Å². The largest absolute Gasteiger partial charge is 0.466 e. The van der Waals surface area contributed by atoms with E-state index < -0.39 is 5.91 Å². The maximum atomic E-state index is 12.8. The molecule has 0 spiro atoms. The van der Waals surface area contributed by atoms with Crippen molar-refractivity contribution < 1.29 is 18.8 Å². The lowest BCUT2D eigenvalue weighted by Crippen LogP contribution is -2.54. The molecule has 4 aliphatic rings. The second-order valence-corrected chi connectivity index (χ2v) is 9.03. The van der Waals surface area contributed by atoms with Crippen molar-refractivity contribution >= 4 is 17.7 Å². The monoisotopic (exact) mass is 387 g/mol. The molecular weight excluding hydrogens is 358 g/mol. The molecule has 0 unspecified atom stereocenters. The Bertz CT molecular complexity index is 762. The molecule has 5 rings (SSSR count). The van der Waals surface area contributed by atoms with E-state index in [4.69, 9.17) is 4.42 Å². The van der Waals surface area contributed by atoms with Crippen molar-refractivity contribution in [1.29, 1.82) is 0 Å². The first-order valence-corrected chi connectivity index (χ1v) is 10.3. The fourth-order valence-corrected chi connectivity index (χ4v) is 5.98. The van der Waals surface area contributed by atoms with E-state index in [1.54, 1.807) is 19.9 Å². The third kappa shape index (κ3) is 3.66. The molecule has 4 aliphatic carbocycles. The molecule has 1 aromatic heterocycles. The van der Waals surface area contributed by atoms with Crippen LogP contribution in [0.3, 0.4) is 0 Å². The zero-order chi connectivity index (χ0) is 19.9. The Labute approximate surface area is 165 Å². The number of aryl methyl sites for hydroxylation is 2. The van der Waals surface area contributed by atoms with Gasteiger partial charge in [0.25, 0.3) is 5.91 Å². The van der Waals surface area contributed by atoms with Crippen LogP contribution >= 0.6 is 0 Å². The van der Waals surface area contributed by atoms with E-state index in [1.165, 1.54) is 19.3 Å². The molecule has 152 valence electrons. The van der Waals surface area contributed by atoms with Crippen LogP contribution in [0.1, 0.15) is 66.8 Å². The summed E-state index contributed by atoms with van der Waals surface area (Å²) in [6.07, 6.45) is 7.05. The second-order valence-electron chi connectivity index (χ2n) is 9.03. The highest BCUT2D eigenvalue weighted by Crippen LogP contribution is 2.60. The van der Waals surface area contributed by atoms with Gasteiger partial charge in [-0.2, -0.15) is 0 Å². The highest BCUT2D eigenvalue weighted by molar-refractivity contribution is 5.96. The Morgan fingerprint density at radius 1 is 1.04 bits per heavy atom. The molecule has 3 N–H and O–H groups in total. The SMILES string of the molecule is Cc1cc(C(=O)NNC(=O)CCNC(=O)C23CC4CC(CC(C4)C2)C3)c(C)o1. The lowest BCUT2D eigenvalue weighted by molar-refractivity contribution is -0.146. The lowest BCUT2D eigenvalue weighted by Gasteiger charge is -2.55. The Hall–Kier alpha value is -2.31. The maximum absolute atomic E-state index is 12.8. The van der Waals surface area contributed by atoms with Crippen molar-refractivity contribution in [3.05, 3.63) is 23.2 Å². The van der Waals surface area contributed by atoms with Crippen molar-refractivity contribution in [1.82, 2.24) is 16.2 Å². The fraction of sp³-hybridized carbons (Fsp3) is 0.667. The van der Waals surface area contributed by atoms with Crippen LogP contribution in [0.15, 0.2) is 10.5 Å². The van der Waals surface area contributed by atoms with Gasteiger partial charge in [-0.15, -0.1) is 0 Å². The minimum absolute atomic E-state index is 0.118. The normalized spacial score (nSPS) is 30.1. The molecule has 3 amide bonds. The first kappa shape index (κ1) is 19.0. The van der Waals surface area contributed by atoms with Crippen LogP contribution in [0.25, 0.3) is 0 Å². The Morgan fingerprint density at radius 2 is 1.64 bits per heavy atom. The minimum Gasteiger partial charge on any atom is -0.466 e. The summed E-state index contributed by atoms with van der Waals surface area (Å²) in [5.41, 5.74) is 4.98. The van der Waals surface area contributed by atoms with E-state index in [2.05, 4.69) is 16.2 Å². The molecule has 4 bridgehead atoms. The van der Waals surface area contributed by atoms with Gasteiger partial charge in [0.2, 0.25) is 11.8 Å². The number of carbonyl (C=O) groups excluding carboxylic acids is 3. The Balaban J connectivity index is 1.21. The Kier molecular flexibility index (Phi) is 4.93. The zero-order valence-electron chi connectivity index (χ0n) is 16.6. The topological polar surface area (TPSA) is 100 Å².